The Kier molecular flexibility index (Phi) is 3.00. The van der Waals surface area contributed by atoms with Gasteiger partial charge in [-0.1, -0.05) is 0 Å². The number of nitrogens with zero attached hydrogens (tertiary/aromatic N) is 3. The quantitative estimate of drug-likeness (QED) is 0.701. The average Bonchev–Trinajstić information content (AvgIpc) is 2.78. The molecule has 8 nitrogen and oxygen atoms in total. The second-order valence-electron chi connectivity index (χ2n) is 3.82. The van der Waals surface area contributed by atoms with Crippen LogP contribution in [0.25, 0.3) is 11.0 Å². The summed E-state index contributed by atoms with van der Waals surface area (Å²) >= 11 is 0. The Hall–Kier alpha value is -2.38. The maximum atomic E-state index is 11.7. The van der Waals surface area contributed by atoms with Gasteiger partial charge < -0.3 is 10.0 Å². The number of aromatic amines is 2. The second-order valence-corrected chi connectivity index (χ2v) is 3.82. The molecule has 3 N–H and O–H groups in total. The maximum Gasteiger partial charge on any atom is 0.326 e. The molecule has 0 radical (unpaired) electrons. The standard InChI is InChI=1S/C10H13N5O3/c1-3-15(5(2)9(17)18)10-12-7-6(4-11-14-7)8(16)13-10/h4-5H,3H2,1-2H3,(H,17,18)(H2,11,12,13,14,16). The molecule has 96 valence electrons. The van der Waals surface area contributed by atoms with Crippen molar-refractivity contribution in [1.82, 2.24) is 20.2 Å². The molecule has 0 saturated heterocycles. The van der Waals surface area contributed by atoms with Crippen molar-refractivity contribution in [3.05, 3.63) is 16.6 Å². The van der Waals surface area contributed by atoms with E-state index in [1.807, 2.05) is 0 Å². The summed E-state index contributed by atoms with van der Waals surface area (Å²) < 4.78 is 0. The number of hydrogen-bond donors (Lipinski definition) is 3. The van der Waals surface area contributed by atoms with Crippen LogP contribution in [0.1, 0.15) is 13.8 Å². The van der Waals surface area contributed by atoms with Gasteiger partial charge in [0, 0.05) is 6.54 Å². The van der Waals surface area contributed by atoms with Crippen LogP contribution in [0.15, 0.2) is 11.0 Å². The first-order chi connectivity index (χ1) is 8.54. The monoisotopic (exact) mass is 251 g/mol. The van der Waals surface area contributed by atoms with E-state index in [1.54, 1.807) is 6.92 Å². The van der Waals surface area contributed by atoms with Crippen molar-refractivity contribution in [2.75, 3.05) is 11.4 Å². The molecule has 2 aromatic heterocycles. The van der Waals surface area contributed by atoms with E-state index in [2.05, 4.69) is 20.2 Å². The van der Waals surface area contributed by atoms with Crippen LogP contribution in [0.3, 0.4) is 0 Å². The van der Waals surface area contributed by atoms with Gasteiger partial charge in [0.2, 0.25) is 5.95 Å². The van der Waals surface area contributed by atoms with Gasteiger partial charge in [0.25, 0.3) is 5.56 Å². The van der Waals surface area contributed by atoms with Gasteiger partial charge in [0.15, 0.2) is 5.65 Å². The molecule has 0 aliphatic carbocycles. The number of aliphatic carboxylic acids is 1. The van der Waals surface area contributed by atoms with E-state index in [-0.39, 0.29) is 11.5 Å². The lowest BCUT2D eigenvalue weighted by Crippen LogP contribution is -2.40. The smallest absolute Gasteiger partial charge is 0.326 e. The summed E-state index contributed by atoms with van der Waals surface area (Å²) in [5, 5.41) is 15.7. The summed E-state index contributed by atoms with van der Waals surface area (Å²) in [7, 11) is 0. The third-order valence-corrected chi connectivity index (χ3v) is 2.74. The minimum Gasteiger partial charge on any atom is -0.480 e. The predicted molar refractivity (Wildman–Crippen MR) is 64.6 cm³/mol. The highest BCUT2D eigenvalue weighted by atomic mass is 16.4. The zero-order valence-electron chi connectivity index (χ0n) is 9.97. The number of carboxylic acids is 1. The molecule has 2 rings (SSSR count). The first-order valence-electron chi connectivity index (χ1n) is 5.47. The Balaban J connectivity index is 2.51. The number of hydrogen-bond acceptors (Lipinski definition) is 5. The van der Waals surface area contributed by atoms with Gasteiger partial charge in [-0.05, 0) is 13.8 Å². The molecule has 2 aromatic rings. The molecule has 0 aliphatic heterocycles. The largest absolute Gasteiger partial charge is 0.480 e. The Labute approximate surface area is 102 Å². The zero-order chi connectivity index (χ0) is 13.3. The molecule has 0 aromatic carbocycles. The first-order valence-corrected chi connectivity index (χ1v) is 5.47. The van der Waals surface area contributed by atoms with E-state index >= 15 is 0 Å². The van der Waals surface area contributed by atoms with Crippen molar-refractivity contribution < 1.29 is 9.90 Å². The Morgan fingerprint density at radius 1 is 1.61 bits per heavy atom. The third-order valence-electron chi connectivity index (χ3n) is 2.74. The maximum absolute atomic E-state index is 11.7. The fourth-order valence-electron chi connectivity index (χ4n) is 1.71. The fourth-order valence-corrected chi connectivity index (χ4v) is 1.71. The Morgan fingerprint density at radius 2 is 2.33 bits per heavy atom. The van der Waals surface area contributed by atoms with Gasteiger partial charge >= 0.3 is 5.97 Å². The summed E-state index contributed by atoms with van der Waals surface area (Å²) in [5.41, 5.74) is -0.00965. The Bertz CT molecular complexity index is 632. The van der Waals surface area contributed by atoms with Crippen molar-refractivity contribution in [1.29, 1.82) is 0 Å². The summed E-state index contributed by atoms with van der Waals surface area (Å²) in [6.45, 7) is 3.73. The lowest BCUT2D eigenvalue weighted by molar-refractivity contribution is -0.138. The van der Waals surface area contributed by atoms with Crippen molar-refractivity contribution in [3.63, 3.8) is 0 Å². The molecule has 0 fully saturated rings. The highest BCUT2D eigenvalue weighted by molar-refractivity contribution is 5.78. The second kappa shape index (κ2) is 4.47. The van der Waals surface area contributed by atoms with Crippen molar-refractivity contribution >= 4 is 23.0 Å². The lowest BCUT2D eigenvalue weighted by atomic mass is 10.3. The summed E-state index contributed by atoms with van der Waals surface area (Å²) in [5.74, 6) is -0.765. The van der Waals surface area contributed by atoms with Gasteiger partial charge in [-0.3, -0.25) is 14.9 Å². The van der Waals surface area contributed by atoms with E-state index < -0.39 is 12.0 Å². The van der Waals surface area contributed by atoms with E-state index in [0.29, 0.717) is 17.6 Å². The number of anilines is 1. The fraction of sp³-hybridized carbons (Fsp3) is 0.400. The molecule has 8 heteroatoms. The predicted octanol–water partition coefficient (Wildman–Crippen LogP) is -0.0544. The van der Waals surface area contributed by atoms with Crippen LogP contribution >= 0.6 is 0 Å². The molecular formula is C10H13N5O3. The van der Waals surface area contributed by atoms with Crippen LogP contribution in [0, 0.1) is 0 Å². The van der Waals surface area contributed by atoms with Crippen LogP contribution in [0.4, 0.5) is 5.95 Å². The number of fused-ring (bicyclic) bond motifs is 1. The number of rotatable bonds is 4. The van der Waals surface area contributed by atoms with Crippen LogP contribution < -0.4 is 10.5 Å². The number of aromatic nitrogens is 4. The molecule has 1 unspecified atom stereocenters. The minimum atomic E-state index is -0.982. The normalized spacial score (nSPS) is 12.6. The third kappa shape index (κ3) is 1.92. The number of likely N-dealkylation sites (N-methyl/N-ethyl adjacent to an activating group) is 1. The number of nitrogens with one attached hydrogen (secondary N) is 2. The number of H-pyrrole nitrogens is 2. The summed E-state index contributed by atoms with van der Waals surface area (Å²) in [6, 6.07) is -0.779. The first kappa shape index (κ1) is 12.1. The van der Waals surface area contributed by atoms with Gasteiger partial charge in [-0.15, -0.1) is 0 Å². The molecular weight excluding hydrogens is 238 g/mol. The van der Waals surface area contributed by atoms with Crippen LogP contribution in [-0.4, -0.2) is 43.8 Å². The van der Waals surface area contributed by atoms with Crippen LogP contribution in [-0.2, 0) is 4.79 Å². The van der Waals surface area contributed by atoms with Gasteiger partial charge in [-0.25, -0.2) is 4.79 Å². The van der Waals surface area contributed by atoms with E-state index in [4.69, 9.17) is 5.11 Å². The molecule has 0 saturated carbocycles. The zero-order valence-corrected chi connectivity index (χ0v) is 9.97. The van der Waals surface area contributed by atoms with Crippen molar-refractivity contribution in [2.24, 2.45) is 0 Å². The van der Waals surface area contributed by atoms with Crippen LogP contribution in [0.2, 0.25) is 0 Å². The SMILES string of the molecule is CCN(c1nc2[nH]ncc2c(=O)[nH]1)C(C)C(=O)O. The summed E-state index contributed by atoms with van der Waals surface area (Å²) in [4.78, 5) is 30.9. The van der Waals surface area contributed by atoms with Crippen LogP contribution in [0.5, 0.6) is 0 Å². The molecule has 2 heterocycles. The molecule has 0 bridgehead atoms. The average molecular weight is 251 g/mol. The van der Waals surface area contributed by atoms with Crippen molar-refractivity contribution in [2.45, 2.75) is 19.9 Å². The molecule has 0 aliphatic rings. The topological polar surface area (TPSA) is 115 Å². The summed E-state index contributed by atoms with van der Waals surface area (Å²) in [6.07, 6.45) is 1.38. The molecule has 0 spiro atoms. The number of carbonyl (C=O) groups is 1. The highest BCUT2D eigenvalue weighted by Crippen LogP contribution is 2.12. The van der Waals surface area contributed by atoms with E-state index in [9.17, 15) is 9.59 Å². The molecule has 1 atom stereocenters. The van der Waals surface area contributed by atoms with Crippen molar-refractivity contribution in [3.8, 4) is 0 Å². The van der Waals surface area contributed by atoms with E-state index in [1.165, 1.54) is 18.0 Å². The van der Waals surface area contributed by atoms with E-state index in [0.717, 1.165) is 0 Å². The lowest BCUT2D eigenvalue weighted by Gasteiger charge is -2.25. The highest BCUT2D eigenvalue weighted by Gasteiger charge is 2.22. The minimum absolute atomic E-state index is 0.217. The number of carboxylic acid groups (broad SMARTS) is 1. The Morgan fingerprint density at radius 3 is 2.94 bits per heavy atom. The van der Waals surface area contributed by atoms with Gasteiger partial charge in [0.05, 0.1) is 6.20 Å². The molecule has 18 heavy (non-hydrogen) atoms. The van der Waals surface area contributed by atoms with Gasteiger partial charge in [-0.2, -0.15) is 10.1 Å². The van der Waals surface area contributed by atoms with Gasteiger partial charge in [0.1, 0.15) is 11.4 Å². The molecule has 0 amide bonds.